The number of nitrogens with zero attached hydrogens (tertiary/aromatic N) is 6. The minimum absolute atomic E-state index is 0.247. The van der Waals surface area contributed by atoms with Gasteiger partial charge in [-0.05, 0) is 43.5 Å². The molecule has 0 aromatic carbocycles. The molecule has 27 heavy (non-hydrogen) atoms. The van der Waals surface area contributed by atoms with Crippen LogP contribution in [0.4, 0.5) is 17.7 Å². The highest BCUT2D eigenvalue weighted by Gasteiger charge is 2.29. The van der Waals surface area contributed by atoms with Crippen molar-refractivity contribution < 1.29 is 0 Å². The molecule has 1 fully saturated rings. The van der Waals surface area contributed by atoms with Crippen LogP contribution in [-0.2, 0) is 0 Å². The lowest BCUT2D eigenvalue weighted by molar-refractivity contribution is 0.698. The van der Waals surface area contributed by atoms with Gasteiger partial charge < -0.3 is 10.2 Å². The summed E-state index contributed by atoms with van der Waals surface area (Å²) >= 11 is 0. The van der Waals surface area contributed by atoms with Crippen LogP contribution in [0.5, 0.6) is 0 Å². The molecule has 136 valence electrons. The first kappa shape index (κ1) is 15.8. The van der Waals surface area contributed by atoms with E-state index in [1.807, 2.05) is 48.0 Å². The van der Waals surface area contributed by atoms with Crippen molar-refractivity contribution in [3.63, 3.8) is 0 Å². The normalized spacial score (nSPS) is 16.9. The van der Waals surface area contributed by atoms with Crippen LogP contribution in [0.3, 0.4) is 0 Å². The molecule has 0 spiro atoms. The van der Waals surface area contributed by atoms with Crippen LogP contribution >= 0.6 is 0 Å². The van der Waals surface area contributed by atoms with Crippen molar-refractivity contribution in [3.05, 3.63) is 60.2 Å². The molecule has 0 bridgehead atoms. The van der Waals surface area contributed by atoms with Gasteiger partial charge in [0.05, 0.1) is 6.04 Å². The van der Waals surface area contributed by atoms with E-state index in [-0.39, 0.29) is 6.04 Å². The lowest BCUT2D eigenvalue weighted by Gasteiger charge is -2.25. The predicted octanol–water partition coefficient (Wildman–Crippen LogP) is 3.24. The van der Waals surface area contributed by atoms with Gasteiger partial charge in [-0.3, -0.25) is 14.5 Å². The quantitative estimate of drug-likeness (QED) is 0.581. The fourth-order valence-electron chi connectivity index (χ4n) is 3.66. The van der Waals surface area contributed by atoms with E-state index in [1.54, 1.807) is 6.20 Å². The molecule has 0 aliphatic carbocycles. The number of aromatic nitrogens is 6. The second-order valence-electron chi connectivity index (χ2n) is 6.78. The highest BCUT2D eigenvalue weighted by Crippen LogP contribution is 2.34. The molecule has 8 heteroatoms. The molecule has 0 saturated carbocycles. The standard InChI is InChI=1S/C19H20N8/c1-13-11-16(25-24-13)21-18-23-19(22-17-7-4-10-27(17)18)26-9-3-6-15(26)14-5-2-8-20-12-14/h2,4-5,7-8,10-12,15H,3,6,9H2,1H3,(H2,21,22,23,24,25). The molecule has 1 aliphatic rings. The number of rotatable bonds is 4. The number of hydrogen-bond donors (Lipinski definition) is 2. The molecule has 4 aromatic heterocycles. The molecule has 1 unspecified atom stereocenters. The van der Waals surface area contributed by atoms with Crippen molar-refractivity contribution in [2.45, 2.75) is 25.8 Å². The summed E-state index contributed by atoms with van der Waals surface area (Å²) in [6, 6.07) is 10.3. The second-order valence-corrected chi connectivity index (χ2v) is 6.78. The number of aromatic amines is 1. The minimum atomic E-state index is 0.247. The topological polar surface area (TPSA) is 87.0 Å². The Morgan fingerprint density at radius 3 is 3.00 bits per heavy atom. The van der Waals surface area contributed by atoms with Gasteiger partial charge in [0.25, 0.3) is 0 Å². The van der Waals surface area contributed by atoms with Gasteiger partial charge in [-0.1, -0.05) is 6.07 Å². The van der Waals surface area contributed by atoms with Gasteiger partial charge in [-0.15, -0.1) is 0 Å². The first-order valence-electron chi connectivity index (χ1n) is 9.09. The van der Waals surface area contributed by atoms with Gasteiger partial charge in [0.15, 0.2) is 5.82 Å². The number of hydrogen-bond acceptors (Lipinski definition) is 6. The molecule has 5 rings (SSSR count). The molecule has 2 N–H and O–H groups in total. The first-order valence-corrected chi connectivity index (χ1v) is 9.09. The maximum atomic E-state index is 4.83. The Balaban J connectivity index is 1.55. The molecule has 8 nitrogen and oxygen atoms in total. The van der Waals surface area contributed by atoms with E-state index in [0.29, 0.717) is 5.95 Å². The van der Waals surface area contributed by atoms with Gasteiger partial charge in [0.1, 0.15) is 5.65 Å². The Bertz CT molecular complexity index is 1070. The van der Waals surface area contributed by atoms with Gasteiger partial charge >= 0.3 is 0 Å². The minimum Gasteiger partial charge on any atom is -0.334 e. The summed E-state index contributed by atoms with van der Waals surface area (Å²) in [6.45, 7) is 2.90. The molecule has 4 aromatic rings. The van der Waals surface area contributed by atoms with Crippen LogP contribution in [0.25, 0.3) is 5.65 Å². The zero-order valence-electron chi connectivity index (χ0n) is 15.0. The van der Waals surface area contributed by atoms with E-state index >= 15 is 0 Å². The van der Waals surface area contributed by atoms with Crippen molar-refractivity contribution in [1.29, 1.82) is 0 Å². The zero-order chi connectivity index (χ0) is 18.2. The van der Waals surface area contributed by atoms with E-state index in [0.717, 1.165) is 42.5 Å². The van der Waals surface area contributed by atoms with Gasteiger partial charge in [0.2, 0.25) is 11.9 Å². The number of pyridine rings is 1. The van der Waals surface area contributed by atoms with Crippen molar-refractivity contribution >= 4 is 23.4 Å². The maximum absolute atomic E-state index is 4.83. The van der Waals surface area contributed by atoms with Gasteiger partial charge in [-0.25, -0.2) is 0 Å². The second kappa shape index (κ2) is 6.39. The molecule has 1 atom stereocenters. The van der Waals surface area contributed by atoms with Gasteiger partial charge in [0, 0.05) is 36.9 Å². The fourth-order valence-corrected chi connectivity index (χ4v) is 3.66. The SMILES string of the molecule is Cc1cc(Nc2nc(N3CCCC3c3cccnc3)nc3cccn23)n[nH]1. The van der Waals surface area contributed by atoms with Crippen molar-refractivity contribution in [2.75, 3.05) is 16.8 Å². The maximum Gasteiger partial charge on any atom is 0.231 e. The largest absolute Gasteiger partial charge is 0.334 e. The Morgan fingerprint density at radius 1 is 1.22 bits per heavy atom. The van der Waals surface area contributed by atoms with Crippen molar-refractivity contribution in [1.82, 2.24) is 29.5 Å². The third-order valence-corrected chi connectivity index (χ3v) is 4.90. The van der Waals surface area contributed by atoms with Crippen molar-refractivity contribution in [3.8, 4) is 0 Å². The summed E-state index contributed by atoms with van der Waals surface area (Å²) in [7, 11) is 0. The molecular formula is C19H20N8. The van der Waals surface area contributed by atoms with E-state index in [9.17, 15) is 0 Å². The zero-order valence-corrected chi connectivity index (χ0v) is 15.0. The van der Waals surface area contributed by atoms with Crippen LogP contribution in [0, 0.1) is 6.92 Å². The monoisotopic (exact) mass is 360 g/mol. The summed E-state index contributed by atoms with van der Waals surface area (Å²) in [5.74, 6) is 2.16. The highest BCUT2D eigenvalue weighted by molar-refractivity contribution is 5.57. The van der Waals surface area contributed by atoms with E-state index in [2.05, 4.69) is 31.5 Å². The Kier molecular flexibility index (Phi) is 3.74. The third-order valence-electron chi connectivity index (χ3n) is 4.90. The van der Waals surface area contributed by atoms with Gasteiger partial charge in [-0.2, -0.15) is 15.1 Å². The predicted molar refractivity (Wildman–Crippen MR) is 103 cm³/mol. The lowest BCUT2D eigenvalue weighted by atomic mass is 10.1. The molecule has 0 radical (unpaired) electrons. The van der Waals surface area contributed by atoms with E-state index < -0.39 is 0 Å². The smallest absolute Gasteiger partial charge is 0.231 e. The molecule has 1 aliphatic heterocycles. The number of fused-ring (bicyclic) bond motifs is 1. The Hall–Kier alpha value is -3.42. The third kappa shape index (κ3) is 2.88. The number of aryl methyl sites for hydroxylation is 1. The average molecular weight is 360 g/mol. The number of H-pyrrole nitrogens is 1. The van der Waals surface area contributed by atoms with E-state index in [1.165, 1.54) is 5.56 Å². The summed E-state index contributed by atoms with van der Waals surface area (Å²) < 4.78 is 1.93. The molecular weight excluding hydrogens is 340 g/mol. The summed E-state index contributed by atoms with van der Waals surface area (Å²) in [4.78, 5) is 16.2. The van der Waals surface area contributed by atoms with E-state index in [4.69, 9.17) is 9.97 Å². The molecule has 1 saturated heterocycles. The lowest BCUT2D eigenvalue weighted by Crippen LogP contribution is -2.25. The Morgan fingerprint density at radius 2 is 2.19 bits per heavy atom. The number of nitrogens with one attached hydrogen (secondary N) is 2. The van der Waals surface area contributed by atoms with Crippen molar-refractivity contribution in [2.24, 2.45) is 0 Å². The number of anilines is 3. The Labute approximate surface area is 156 Å². The molecule has 0 amide bonds. The fraction of sp³-hybridized carbons (Fsp3) is 0.263. The van der Waals surface area contributed by atoms with Crippen LogP contribution in [0.15, 0.2) is 48.9 Å². The van der Waals surface area contributed by atoms with Crippen LogP contribution in [-0.4, -0.2) is 36.1 Å². The summed E-state index contributed by atoms with van der Waals surface area (Å²) in [6.07, 6.45) is 7.87. The average Bonchev–Trinajstić information content (AvgIpc) is 3.42. The van der Waals surface area contributed by atoms with Crippen LogP contribution in [0.2, 0.25) is 0 Å². The highest BCUT2D eigenvalue weighted by atomic mass is 15.3. The van der Waals surface area contributed by atoms with Crippen LogP contribution in [0.1, 0.15) is 30.1 Å². The summed E-state index contributed by atoms with van der Waals surface area (Å²) in [5.41, 5.74) is 3.05. The summed E-state index contributed by atoms with van der Waals surface area (Å²) in [5, 5.41) is 10.5. The molecule has 5 heterocycles. The first-order chi connectivity index (χ1) is 13.3. The van der Waals surface area contributed by atoms with Crippen LogP contribution < -0.4 is 10.2 Å².